The standard InChI is InChI=1S/C24H26BrNO4/c1-14(2)30-11-10-26-21(17-7-5-6-15(3)12-17)20(23(28)24(26)29)22(27)18-8-9-19(25)16(4)13-18/h5-9,12-14,21,27H,10-11H2,1-4H3/b22-20-. The molecule has 30 heavy (non-hydrogen) atoms. The van der Waals surface area contributed by atoms with Gasteiger partial charge in [0.2, 0.25) is 0 Å². The number of Topliss-reactive ketones (excluding diaryl/α,β-unsaturated/α-hetero) is 1. The number of ketones is 1. The second-order valence-corrected chi connectivity index (χ2v) is 8.64. The monoisotopic (exact) mass is 471 g/mol. The van der Waals surface area contributed by atoms with Gasteiger partial charge in [-0.05, 0) is 51.0 Å². The number of likely N-dealkylation sites (tertiary alicyclic amines) is 1. The number of nitrogens with zero attached hydrogens (tertiary/aromatic N) is 1. The van der Waals surface area contributed by atoms with Crippen LogP contribution in [0.4, 0.5) is 0 Å². The molecule has 5 nitrogen and oxygen atoms in total. The number of rotatable bonds is 6. The average Bonchev–Trinajstić information content (AvgIpc) is 2.94. The van der Waals surface area contributed by atoms with Crippen molar-refractivity contribution in [2.24, 2.45) is 0 Å². The zero-order valence-corrected chi connectivity index (χ0v) is 19.2. The Morgan fingerprint density at radius 1 is 1.17 bits per heavy atom. The van der Waals surface area contributed by atoms with Gasteiger partial charge in [-0.2, -0.15) is 0 Å². The number of benzene rings is 2. The van der Waals surface area contributed by atoms with Gasteiger partial charge in [0.15, 0.2) is 0 Å². The van der Waals surface area contributed by atoms with Crippen LogP contribution in [0.2, 0.25) is 0 Å². The summed E-state index contributed by atoms with van der Waals surface area (Å²) in [6, 6.07) is 12.3. The summed E-state index contributed by atoms with van der Waals surface area (Å²) >= 11 is 3.45. The number of ether oxygens (including phenoxy) is 1. The van der Waals surface area contributed by atoms with Crippen molar-refractivity contribution in [3.8, 4) is 0 Å². The fraction of sp³-hybridized carbons (Fsp3) is 0.333. The normalized spacial score (nSPS) is 18.5. The maximum Gasteiger partial charge on any atom is 0.295 e. The molecular formula is C24H26BrNO4. The quantitative estimate of drug-likeness (QED) is 0.369. The highest BCUT2D eigenvalue weighted by molar-refractivity contribution is 9.10. The lowest BCUT2D eigenvalue weighted by Gasteiger charge is -2.26. The van der Waals surface area contributed by atoms with E-state index in [0.29, 0.717) is 12.2 Å². The summed E-state index contributed by atoms with van der Waals surface area (Å²) in [5.41, 5.74) is 3.33. The van der Waals surface area contributed by atoms with Gasteiger partial charge >= 0.3 is 0 Å². The Labute approximate surface area is 185 Å². The number of aliphatic hydroxyl groups is 1. The molecule has 2 aromatic rings. The van der Waals surface area contributed by atoms with Crippen LogP contribution in [0.1, 0.15) is 42.1 Å². The van der Waals surface area contributed by atoms with Gasteiger partial charge in [-0.1, -0.05) is 51.8 Å². The minimum absolute atomic E-state index is 0.0185. The third kappa shape index (κ3) is 4.50. The van der Waals surface area contributed by atoms with Crippen LogP contribution in [-0.4, -0.2) is 41.0 Å². The summed E-state index contributed by atoms with van der Waals surface area (Å²) in [7, 11) is 0. The zero-order chi connectivity index (χ0) is 22.0. The van der Waals surface area contributed by atoms with E-state index in [1.807, 2.05) is 58.0 Å². The third-order valence-corrected chi connectivity index (χ3v) is 6.00. The number of carbonyl (C=O) groups excluding carboxylic acids is 2. The van der Waals surface area contributed by atoms with Crippen molar-refractivity contribution in [1.29, 1.82) is 0 Å². The predicted octanol–water partition coefficient (Wildman–Crippen LogP) is 4.91. The number of carbonyl (C=O) groups is 2. The fourth-order valence-electron chi connectivity index (χ4n) is 3.63. The molecule has 1 atom stereocenters. The van der Waals surface area contributed by atoms with Crippen LogP contribution in [0.3, 0.4) is 0 Å². The lowest BCUT2D eigenvalue weighted by molar-refractivity contribution is -0.140. The maximum absolute atomic E-state index is 13.0. The van der Waals surface area contributed by atoms with E-state index in [1.54, 1.807) is 12.1 Å². The molecule has 0 bridgehead atoms. The Kier molecular flexibility index (Phi) is 6.78. The van der Waals surface area contributed by atoms with E-state index in [2.05, 4.69) is 15.9 Å². The number of hydrogen-bond acceptors (Lipinski definition) is 4. The van der Waals surface area contributed by atoms with E-state index < -0.39 is 17.7 Å². The van der Waals surface area contributed by atoms with Crippen molar-refractivity contribution in [3.05, 3.63) is 74.8 Å². The molecule has 0 aromatic heterocycles. The zero-order valence-electron chi connectivity index (χ0n) is 17.6. The molecule has 0 aliphatic carbocycles. The first-order chi connectivity index (χ1) is 14.2. The van der Waals surface area contributed by atoms with E-state index in [1.165, 1.54) is 4.90 Å². The van der Waals surface area contributed by atoms with Crippen LogP contribution in [0, 0.1) is 13.8 Å². The van der Waals surface area contributed by atoms with E-state index in [4.69, 9.17) is 4.74 Å². The van der Waals surface area contributed by atoms with Crippen LogP contribution in [0.5, 0.6) is 0 Å². The Hall–Kier alpha value is -2.44. The lowest BCUT2D eigenvalue weighted by Crippen LogP contribution is -2.33. The summed E-state index contributed by atoms with van der Waals surface area (Å²) in [5.74, 6) is -1.46. The highest BCUT2D eigenvalue weighted by atomic mass is 79.9. The molecule has 158 valence electrons. The highest BCUT2D eigenvalue weighted by Crippen LogP contribution is 2.39. The summed E-state index contributed by atoms with van der Waals surface area (Å²) in [6.07, 6.45) is 0.0185. The summed E-state index contributed by atoms with van der Waals surface area (Å²) in [6.45, 7) is 8.27. The molecule has 1 aliphatic heterocycles. The van der Waals surface area contributed by atoms with Crippen LogP contribution in [0.15, 0.2) is 52.5 Å². The lowest BCUT2D eigenvalue weighted by atomic mass is 9.94. The molecule has 1 unspecified atom stereocenters. The first-order valence-electron chi connectivity index (χ1n) is 9.93. The molecule has 3 rings (SSSR count). The summed E-state index contributed by atoms with van der Waals surface area (Å²) < 4.78 is 6.52. The van der Waals surface area contributed by atoms with Crippen molar-refractivity contribution >= 4 is 33.4 Å². The second-order valence-electron chi connectivity index (χ2n) is 7.79. The smallest absolute Gasteiger partial charge is 0.295 e. The molecule has 1 saturated heterocycles. The highest BCUT2D eigenvalue weighted by Gasteiger charge is 2.45. The van der Waals surface area contributed by atoms with Gasteiger partial charge in [-0.15, -0.1) is 0 Å². The van der Waals surface area contributed by atoms with Gasteiger partial charge in [0.1, 0.15) is 5.76 Å². The first-order valence-corrected chi connectivity index (χ1v) is 10.7. The SMILES string of the molecule is Cc1cccc(C2/C(=C(/O)c3ccc(Br)c(C)c3)C(=O)C(=O)N2CCOC(C)C)c1. The molecule has 6 heteroatoms. The molecule has 0 saturated carbocycles. The minimum atomic E-state index is -0.677. The Balaban J connectivity index is 2.12. The summed E-state index contributed by atoms with van der Waals surface area (Å²) in [4.78, 5) is 27.4. The molecule has 1 amide bonds. The van der Waals surface area contributed by atoms with Crippen molar-refractivity contribution in [3.63, 3.8) is 0 Å². The average molecular weight is 472 g/mol. The Morgan fingerprint density at radius 2 is 1.90 bits per heavy atom. The molecular weight excluding hydrogens is 446 g/mol. The largest absolute Gasteiger partial charge is 0.507 e. The van der Waals surface area contributed by atoms with Crippen LogP contribution in [-0.2, 0) is 14.3 Å². The van der Waals surface area contributed by atoms with Crippen LogP contribution >= 0.6 is 15.9 Å². The number of hydrogen-bond donors (Lipinski definition) is 1. The van der Waals surface area contributed by atoms with Gasteiger partial charge in [-0.25, -0.2) is 0 Å². The second kappa shape index (κ2) is 9.14. The Bertz CT molecular complexity index is 1010. The maximum atomic E-state index is 13.0. The van der Waals surface area contributed by atoms with Crippen molar-refractivity contribution in [1.82, 2.24) is 4.90 Å². The van der Waals surface area contributed by atoms with E-state index in [0.717, 1.165) is 21.2 Å². The predicted molar refractivity (Wildman–Crippen MR) is 120 cm³/mol. The number of aliphatic hydroxyl groups excluding tert-OH is 1. The van der Waals surface area contributed by atoms with Gasteiger partial charge < -0.3 is 14.7 Å². The molecule has 0 spiro atoms. The van der Waals surface area contributed by atoms with E-state index in [-0.39, 0.29) is 24.0 Å². The van der Waals surface area contributed by atoms with Crippen molar-refractivity contribution in [2.75, 3.05) is 13.2 Å². The summed E-state index contributed by atoms with van der Waals surface area (Å²) in [5, 5.41) is 11.1. The molecule has 1 heterocycles. The van der Waals surface area contributed by atoms with Gasteiger partial charge in [0, 0.05) is 16.6 Å². The number of amides is 1. The Morgan fingerprint density at radius 3 is 2.53 bits per heavy atom. The van der Waals surface area contributed by atoms with Crippen LogP contribution in [0.25, 0.3) is 5.76 Å². The van der Waals surface area contributed by atoms with Gasteiger partial charge in [0.05, 0.1) is 24.3 Å². The van der Waals surface area contributed by atoms with Crippen LogP contribution < -0.4 is 0 Å². The molecule has 0 radical (unpaired) electrons. The van der Waals surface area contributed by atoms with E-state index in [9.17, 15) is 14.7 Å². The number of halogens is 1. The fourth-order valence-corrected chi connectivity index (χ4v) is 3.88. The van der Waals surface area contributed by atoms with Gasteiger partial charge in [-0.3, -0.25) is 9.59 Å². The van der Waals surface area contributed by atoms with Gasteiger partial charge in [0.25, 0.3) is 11.7 Å². The molecule has 2 aromatic carbocycles. The first kappa shape index (κ1) is 22.2. The third-order valence-electron chi connectivity index (χ3n) is 5.11. The molecule has 1 aliphatic rings. The minimum Gasteiger partial charge on any atom is -0.507 e. The molecule has 1 N–H and O–H groups in total. The van der Waals surface area contributed by atoms with Crippen molar-refractivity contribution in [2.45, 2.75) is 39.8 Å². The molecule has 1 fully saturated rings. The van der Waals surface area contributed by atoms with Crippen molar-refractivity contribution < 1.29 is 19.4 Å². The van der Waals surface area contributed by atoms with E-state index >= 15 is 0 Å². The number of aryl methyl sites for hydroxylation is 2. The topological polar surface area (TPSA) is 66.8 Å².